The third kappa shape index (κ3) is 14.9. The van der Waals surface area contributed by atoms with Crippen LogP contribution in [-0.4, -0.2) is 86.0 Å². The van der Waals surface area contributed by atoms with Crippen molar-refractivity contribution >= 4 is 35.8 Å². The molecular weight excluding hydrogens is 841 g/mol. The second-order valence-electron chi connectivity index (χ2n) is 17.6. The Morgan fingerprint density at radius 1 is 0.818 bits per heavy atom. The number of rotatable bonds is 25. The van der Waals surface area contributed by atoms with Crippen LogP contribution in [0.1, 0.15) is 150 Å². The third-order valence-corrected chi connectivity index (χ3v) is 11.7. The normalized spacial score (nSPS) is 14.2. The van der Waals surface area contributed by atoms with Crippen molar-refractivity contribution in [2.24, 2.45) is 0 Å². The van der Waals surface area contributed by atoms with E-state index < -0.39 is 36.6 Å². The second kappa shape index (κ2) is 26.1. The molecule has 358 valence electrons. The summed E-state index contributed by atoms with van der Waals surface area (Å²) in [4.78, 5) is 84.2. The highest BCUT2D eigenvalue weighted by Gasteiger charge is 2.37. The maximum Gasteiger partial charge on any atom is 0.343 e. The summed E-state index contributed by atoms with van der Waals surface area (Å²) in [5, 5.41) is 6.06. The van der Waals surface area contributed by atoms with E-state index in [1.54, 1.807) is 22.8 Å². The van der Waals surface area contributed by atoms with Gasteiger partial charge in [-0.3, -0.25) is 14.5 Å². The van der Waals surface area contributed by atoms with Gasteiger partial charge >= 0.3 is 23.9 Å². The molecule has 2 N–H and O–H groups in total. The van der Waals surface area contributed by atoms with Crippen molar-refractivity contribution in [2.45, 2.75) is 130 Å². The molecule has 4 rings (SSSR count). The summed E-state index contributed by atoms with van der Waals surface area (Å²) in [7, 11) is 2.44. The number of carbonyl (C=O) groups excluding carboxylic acids is 6. The van der Waals surface area contributed by atoms with Gasteiger partial charge in [0.05, 0.1) is 25.8 Å². The molecule has 0 saturated heterocycles. The van der Waals surface area contributed by atoms with Crippen LogP contribution < -0.4 is 15.4 Å². The Hall–Kier alpha value is -6.18. The van der Waals surface area contributed by atoms with Crippen LogP contribution in [0.2, 0.25) is 0 Å². The summed E-state index contributed by atoms with van der Waals surface area (Å²) < 4.78 is 21.2. The van der Waals surface area contributed by atoms with Crippen molar-refractivity contribution in [3.63, 3.8) is 0 Å². The first kappa shape index (κ1) is 52.4. The Kier molecular flexibility index (Phi) is 20.7. The number of methoxy groups -OCH3 is 2. The largest absolute Gasteiger partial charge is 0.481 e. The highest BCUT2D eigenvalue weighted by Crippen LogP contribution is 2.34. The molecule has 14 nitrogen and oxygen atoms in total. The first-order valence-electron chi connectivity index (χ1n) is 23.2. The van der Waals surface area contributed by atoms with Gasteiger partial charge in [-0.05, 0) is 72.4 Å². The van der Waals surface area contributed by atoms with Crippen LogP contribution in [0, 0.1) is 0 Å². The van der Waals surface area contributed by atoms with Crippen LogP contribution in [0.15, 0.2) is 84.1 Å². The van der Waals surface area contributed by atoms with Gasteiger partial charge in [0.1, 0.15) is 24.0 Å². The predicted octanol–water partition coefficient (Wildman–Crippen LogP) is 9.03. The number of carbonyl (C=O) groups is 6. The van der Waals surface area contributed by atoms with E-state index in [0.717, 1.165) is 48.8 Å². The number of hydrogen-bond donors (Lipinski definition) is 2. The molecule has 0 spiro atoms. The van der Waals surface area contributed by atoms with Crippen LogP contribution >= 0.6 is 0 Å². The number of nitrogens with one attached hydrogen (secondary N) is 2. The zero-order chi connectivity index (χ0) is 48.2. The Morgan fingerprint density at radius 2 is 1.52 bits per heavy atom. The van der Waals surface area contributed by atoms with Gasteiger partial charge in [-0.1, -0.05) is 127 Å². The molecule has 14 heteroatoms. The maximum absolute atomic E-state index is 14.4. The molecule has 0 bridgehead atoms. The fourth-order valence-electron chi connectivity index (χ4n) is 7.78. The smallest absolute Gasteiger partial charge is 0.343 e. The van der Waals surface area contributed by atoms with Gasteiger partial charge < -0.3 is 34.5 Å². The number of ether oxygens (including phenoxy) is 4. The van der Waals surface area contributed by atoms with Gasteiger partial charge in [-0.2, -0.15) is 0 Å². The number of allylic oxidation sites excluding steroid dienone is 1. The van der Waals surface area contributed by atoms with E-state index in [-0.39, 0.29) is 47.6 Å². The van der Waals surface area contributed by atoms with Crippen molar-refractivity contribution < 1.29 is 47.7 Å². The van der Waals surface area contributed by atoms with Crippen molar-refractivity contribution in [1.82, 2.24) is 20.4 Å². The first-order valence-corrected chi connectivity index (χ1v) is 23.2. The summed E-state index contributed by atoms with van der Waals surface area (Å²) in [6.07, 6.45) is 6.75. The minimum atomic E-state index is -1.07. The number of benzene rings is 3. The molecule has 0 aromatic heterocycles. The number of unbranched alkanes of at least 4 members (excludes halogenated alkanes) is 6. The van der Waals surface area contributed by atoms with Crippen molar-refractivity contribution in [1.29, 1.82) is 0 Å². The molecule has 66 heavy (non-hydrogen) atoms. The second-order valence-corrected chi connectivity index (χ2v) is 17.6. The topological polar surface area (TPSA) is 170 Å². The lowest BCUT2D eigenvalue weighted by molar-refractivity contribution is -0.143. The van der Waals surface area contributed by atoms with E-state index in [0.29, 0.717) is 62.2 Å². The van der Waals surface area contributed by atoms with Crippen LogP contribution in [0.3, 0.4) is 0 Å². The van der Waals surface area contributed by atoms with Crippen LogP contribution in [0.4, 0.5) is 4.79 Å². The molecule has 0 radical (unpaired) electrons. The highest BCUT2D eigenvalue weighted by molar-refractivity contribution is 5.96. The number of nitrogens with zero attached hydrogens (tertiary/aromatic N) is 2. The molecule has 1 aliphatic heterocycles. The van der Waals surface area contributed by atoms with Gasteiger partial charge in [-0.25, -0.2) is 19.2 Å². The Labute approximate surface area is 390 Å². The van der Waals surface area contributed by atoms with Crippen LogP contribution in [0.25, 0.3) is 0 Å². The van der Waals surface area contributed by atoms with E-state index >= 15 is 0 Å². The Morgan fingerprint density at radius 3 is 2.17 bits per heavy atom. The highest BCUT2D eigenvalue weighted by atomic mass is 16.6. The van der Waals surface area contributed by atoms with E-state index in [2.05, 4.69) is 43.1 Å². The molecule has 0 saturated carbocycles. The van der Waals surface area contributed by atoms with E-state index in [1.807, 2.05) is 61.5 Å². The molecule has 0 fully saturated rings. The number of hydrogen-bond acceptors (Lipinski definition) is 10. The predicted molar refractivity (Wildman–Crippen MR) is 252 cm³/mol. The minimum Gasteiger partial charge on any atom is -0.481 e. The van der Waals surface area contributed by atoms with E-state index in [9.17, 15) is 28.8 Å². The fraction of sp³-hybridized carbons (Fsp3) is 0.500. The van der Waals surface area contributed by atoms with Gasteiger partial charge in [0.25, 0.3) is 0 Å². The Bertz CT molecular complexity index is 2130. The van der Waals surface area contributed by atoms with Gasteiger partial charge in [0.15, 0.2) is 6.61 Å². The number of esters is 3. The number of amides is 4. The number of urea groups is 1. The molecule has 0 aliphatic carbocycles. The van der Waals surface area contributed by atoms with Gasteiger partial charge in [0, 0.05) is 31.8 Å². The quantitative estimate of drug-likeness (QED) is 0.0475. The molecule has 4 amide bonds. The molecule has 2 unspecified atom stereocenters. The van der Waals surface area contributed by atoms with Crippen LogP contribution in [-0.2, 0) is 45.4 Å². The van der Waals surface area contributed by atoms with Crippen molar-refractivity contribution in [2.75, 3.05) is 40.5 Å². The lowest BCUT2D eigenvalue weighted by Gasteiger charge is -2.35. The fourth-order valence-corrected chi connectivity index (χ4v) is 7.78. The summed E-state index contributed by atoms with van der Waals surface area (Å²) in [6.45, 7) is 12.9. The summed E-state index contributed by atoms with van der Waals surface area (Å²) in [5.74, 6) is -2.46. The average molecular weight is 911 g/mol. The monoisotopic (exact) mass is 911 g/mol. The van der Waals surface area contributed by atoms with Crippen molar-refractivity contribution in [3.8, 4) is 5.75 Å². The van der Waals surface area contributed by atoms with E-state index in [1.165, 1.54) is 26.4 Å². The molecule has 2 atom stereocenters. The molecule has 3 aromatic rings. The molecule has 1 heterocycles. The lowest BCUT2D eigenvalue weighted by atomic mass is 9.85. The third-order valence-electron chi connectivity index (χ3n) is 11.7. The minimum absolute atomic E-state index is 0.00730. The molecular formula is C52H70N4O10. The van der Waals surface area contributed by atoms with E-state index in [4.69, 9.17) is 14.2 Å². The average Bonchev–Trinajstić information content (AvgIpc) is 3.31. The zero-order valence-corrected chi connectivity index (χ0v) is 40.2. The summed E-state index contributed by atoms with van der Waals surface area (Å²) in [5.41, 5.74) is 3.88. The van der Waals surface area contributed by atoms with Crippen molar-refractivity contribution in [3.05, 3.63) is 112 Å². The lowest BCUT2D eigenvalue weighted by Crippen LogP contribution is -2.48. The first-order chi connectivity index (χ1) is 31.6. The Balaban J connectivity index is 1.56. The molecule has 1 aliphatic rings. The van der Waals surface area contributed by atoms with Gasteiger partial charge in [0.2, 0.25) is 11.8 Å². The SMILES string of the molecule is CCCCCCN(C(=O)CCCCCN1C(=O)NC(c2ccc(C(C)(C)C)cc2)C(C(=O)OCc2ccccc2)=C1C)C(C(=O)NCCCC)c1ccc(OCC(=O)OC)c(C(=O)OC)c1. The van der Waals surface area contributed by atoms with Crippen LogP contribution in [0.5, 0.6) is 5.75 Å². The molecule has 3 aromatic carbocycles. The standard InChI is InChI=1S/C52H70N4O10/c1-9-11-13-19-32-56(47(48(59)53-30-12-10-2)39-26-29-42(65-35-44(58)63-7)41(33-39)49(60)64-8)43(57)23-18-15-20-31-55-36(3)45(50(61)66-34-37-21-16-14-17-22-37)46(54-51(55)62)38-24-27-40(28-25-38)52(4,5)6/h14,16-17,21-22,24-29,33,46-47H,9-13,15,18-20,23,30-32,34-35H2,1-8H3,(H,53,59)(H,54,62). The summed E-state index contributed by atoms with van der Waals surface area (Å²) in [6, 6.07) is 19.8. The summed E-state index contributed by atoms with van der Waals surface area (Å²) >= 11 is 0. The maximum atomic E-state index is 14.4. The van der Waals surface area contributed by atoms with Gasteiger partial charge in [-0.15, -0.1) is 0 Å². The zero-order valence-electron chi connectivity index (χ0n) is 40.2.